The van der Waals surface area contributed by atoms with Gasteiger partial charge in [0.1, 0.15) is 5.82 Å². The van der Waals surface area contributed by atoms with E-state index in [4.69, 9.17) is 10.5 Å². The van der Waals surface area contributed by atoms with E-state index in [0.717, 1.165) is 0 Å². The van der Waals surface area contributed by atoms with Gasteiger partial charge in [0.05, 0.1) is 7.11 Å². The molecule has 0 aliphatic heterocycles. The number of hydrogen-bond acceptors (Lipinski definition) is 4. The molecule has 0 radical (unpaired) electrons. The van der Waals surface area contributed by atoms with Gasteiger partial charge in [-0.3, -0.25) is 0 Å². The second kappa shape index (κ2) is 8.63. The van der Waals surface area contributed by atoms with Crippen molar-refractivity contribution in [1.29, 1.82) is 0 Å². The van der Waals surface area contributed by atoms with Gasteiger partial charge >= 0.3 is 6.18 Å². The van der Waals surface area contributed by atoms with E-state index in [2.05, 4.69) is 4.98 Å². The first kappa shape index (κ1) is 23.7. The average molecular weight is 426 g/mol. The summed E-state index contributed by atoms with van der Waals surface area (Å²) in [5.74, 6) is -0.268. The lowest BCUT2D eigenvalue weighted by molar-refractivity contribution is -0.266. The van der Waals surface area contributed by atoms with Gasteiger partial charge < -0.3 is 15.6 Å². The summed E-state index contributed by atoms with van der Waals surface area (Å²) in [5, 5.41) is 10.7. The summed E-state index contributed by atoms with van der Waals surface area (Å²) >= 11 is 0. The number of pyridine rings is 1. The number of nitrogens with two attached hydrogens (primary N) is 1. The molecule has 0 fully saturated rings. The first-order valence-electron chi connectivity index (χ1n) is 9.29. The minimum atomic E-state index is -4.94. The highest BCUT2D eigenvalue weighted by Crippen LogP contribution is 2.44. The van der Waals surface area contributed by atoms with Gasteiger partial charge in [-0.15, -0.1) is 0 Å². The first-order valence-corrected chi connectivity index (χ1v) is 9.29. The minimum Gasteiger partial charge on any atom is -0.481 e. The zero-order chi connectivity index (χ0) is 22.7. The maximum absolute atomic E-state index is 13.9. The fourth-order valence-electron chi connectivity index (χ4n) is 3.64. The Kier molecular flexibility index (Phi) is 6.81. The SMILES string of the molecule is COc1cc(/C=C(\N)CC(O)(CC(C)(C)c2cc(F)ccc2C)C(F)(F)F)ccn1. The van der Waals surface area contributed by atoms with Crippen molar-refractivity contribution in [2.75, 3.05) is 7.11 Å². The number of hydrogen-bond donors (Lipinski definition) is 2. The van der Waals surface area contributed by atoms with Gasteiger partial charge in [0.15, 0.2) is 5.60 Å². The van der Waals surface area contributed by atoms with Crippen molar-refractivity contribution in [2.24, 2.45) is 5.73 Å². The third kappa shape index (κ3) is 5.50. The molecule has 1 aromatic heterocycles. The van der Waals surface area contributed by atoms with Crippen LogP contribution < -0.4 is 10.5 Å². The van der Waals surface area contributed by atoms with E-state index in [1.807, 2.05) is 0 Å². The van der Waals surface area contributed by atoms with Gasteiger partial charge in [-0.2, -0.15) is 13.2 Å². The number of benzene rings is 1. The molecular weight excluding hydrogens is 400 g/mol. The molecule has 8 heteroatoms. The molecule has 1 aromatic carbocycles. The quantitative estimate of drug-likeness (QED) is 0.619. The first-order chi connectivity index (χ1) is 13.8. The monoisotopic (exact) mass is 426 g/mol. The van der Waals surface area contributed by atoms with E-state index in [0.29, 0.717) is 16.7 Å². The van der Waals surface area contributed by atoms with E-state index in [1.54, 1.807) is 26.8 Å². The Morgan fingerprint density at radius 2 is 1.87 bits per heavy atom. The van der Waals surface area contributed by atoms with Crippen LogP contribution in [0.15, 0.2) is 42.2 Å². The lowest BCUT2D eigenvalue weighted by atomic mass is 9.72. The Morgan fingerprint density at radius 3 is 2.47 bits per heavy atom. The standard InChI is InChI=1S/C22H26F4N2O2/c1-14-5-6-16(23)11-18(14)20(2,3)13-21(29,22(24,25)26)12-17(27)9-15-7-8-28-19(10-15)30-4/h5-11,29H,12-13,27H2,1-4H3/b17-9-. The third-order valence-corrected chi connectivity index (χ3v) is 5.01. The summed E-state index contributed by atoms with van der Waals surface area (Å²) < 4.78 is 60.4. The molecule has 164 valence electrons. The molecule has 4 nitrogen and oxygen atoms in total. The van der Waals surface area contributed by atoms with Gasteiger partial charge in [-0.1, -0.05) is 19.9 Å². The van der Waals surface area contributed by atoms with Crippen molar-refractivity contribution in [3.8, 4) is 5.88 Å². The highest BCUT2D eigenvalue weighted by atomic mass is 19.4. The van der Waals surface area contributed by atoms with Crippen molar-refractivity contribution in [3.63, 3.8) is 0 Å². The Labute approximate surface area is 173 Å². The number of aryl methyl sites for hydroxylation is 1. The Morgan fingerprint density at radius 1 is 1.20 bits per heavy atom. The van der Waals surface area contributed by atoms with Gasteiger partial charge in [-0.05, 0) is 59.7 Å². The summed E-state index contributed by atoms with van der Waals surface area (Å²) in [6, 6.07) is 7.02. The lowest BCUT2D eigenvalue weighted by Crippen LogP contribution is -2.50. The van der Waals surface area contributed by atoms with Crippen molar-refractivity contribution in [2.45, 2.75) is 50.8 Å². The number of rotatable bonds is 7. The van der Waals surface area contributed by atoms with Crippen LogP contribution in [-0.4, -0.2) is 29.0 Å². The molecule has 3 N–H and O–H groups in total. The van der Waals surface area contributed by atoms with Crippen LogP contribution in [0.25, 0.3) is 6.08 Å². The zero-order valence-electron chi connectivity index (χ0n) is 17.3. The van der Waals surface area contributed by atoms with Crippen LogP contribution in [0.5, 0.6) is 5.88 Å². The highest BCUT2D eigenvalue weighted by Gasteiger charge is 2.56. The maximum atomic E-state index is 13.9. The van der Waals surface area contributed by atoms with Crippen LogP contribution in [0.1, 0.15) is 43.4 Å². The van der Waals surface area contributed by atoms with E-state index in [9.17, 15) is 22.7 Å². The molecule has 0 saturated carbocycles. The molecule has 1 unspecified atom stereocenters. The molecule has 30 heavy (non-hydrogen) atoms. The molecule has 0 amide bonds. The summed E-state index contributed by atoms with van der Waals surface area (Å²) in [4.78, 5) is 3.92. The Balaban J connectivity index is 2.37. The number of halogens is 4. The molecule has 1 atom stereocenters. The number of alkyl halides is 3. The zero-order valence-corrected chi connectivity index (χ0v) is 17.3. The summed E-state index contributed by atoms with van der Waals surface area (Å²) in [5.41, 5.74) is 2.96. The molecule has 0 aliphatic carbocycles. The van der Waals surface area contributed by atoms with E-state index >= 15 is 0 Å². The van der Waals surface area contributed by atoms with Crippen LogP contribution in [0, 0.1) is 12.7 Å². The normalized spacial score (nSPS) is 15.0. The van der Waals surface area contributed by atoms with Crippen LogP contribution in [0.4, 0.5) is 17.6 Å². The molecule has 2 aromatic rings. The summed E-state index contributed by atoms with van der Waals surface area (Å²) in [6.45, 7) is 4.77. The Hall–Kier alpha value is -2.61. The van der Waals surface area contributed by atoms with Gasteiger partial charge in [0.25, 0.3) is 0 Å². The van der Waals surface area contributed by atoms with E-state index in [-0.39, 0.29) is 11.6 Å². The predicted molar refractivity (Wildman–Crippen MR) is 107 cm³/mol. The maximum Gasteiger partial charge on any atom is 0.417 e. The molecule has 0 bridgehead atoms. The van der Waals surface area contributed by atoms with E-state index in [1.165, 1.54) is 43.6 Å². The van der Waals surface area contributed by atoms with Crippen LogP contribution >= 0.6 is 0 Å². The minimum absolute atomic E-state index is 0.158. The molecule has 0 spiro atoms. The second-order valence-corrected chi connectivity index (χ2v) is 8.08. The second-order valence-electron chi connectivity index (χ2n) is 8.08. The Bertz CT molecular complexity index is 926. The topological polar surface area (TPSA) is 68.4 Å². The third-order valence-electron chi connectivity index (χ3n) is 5.01. The van der Waals surface area contributed by atoms with Gasteiger partial charge in [0, 0.05) is 24.4 Å². The highest BCUT2D eigenvalue weighted by molar-refractivity contribution is 5.53. The molecule has 0 saturated heterocycles. The van der Waals surface area contributed by atoms with Crippen molar-refractivity contribution in [3.05, 3.63) is 64.7 Å². The number of aromatic nitrogens is 1. The lowest BCUT2D eigenvalue weighted by Gasteiger charge is -2.38. The largest absolute Gasteiger partial charge is 0.481 e. The number of nitrogens with zero attached hydrogens (tertiary/aromatic N) is 1. The van der Waals surface area contributed by atoms with Crippen LogP contribution in [0.3, 0.4) is 0 Å². The van der Waals surface area contributed by atoms with Crippen molar-refractivity contribution in [1.82, 2.24) is 4.98 Å². The molecule has 1 heterocycles. The number of aliphatic hydroxyl groups is 1. The fourth-order valence-corrected chi connectivity index (χ4v) is 3.64. The van der Waals surface area contributed by atoms with Crippen LogP contribution in [0.2, 0.25) is 0 Å². The number of ether oxygens (including phenoxy) is 1. The van der Waals surface area contributed by atoms with Crippen molar-refractivity contribution < 1.29 is 27.4 Å². The molecule has 0 aliphatic rings. The predicted octanol–water partition coefficient (Wildman–Crippen LogP) is 4.89. The molecule has 2 rings (SSSR count). The fraction of sp³-hybridized carbons (Fsp3) is 0.409. The van der Waals surface area contributed by atoms with E-state index < -0.39 is 35.9 Å². The molecular formula is C22H26F4N2O2. The number of methoxy groups -OCH3 is 1. The van der Waals surface area contributed by atoms with Crippen LogP contribution in [-0.2, 0) is 5.41 Å². The van der Waals surface area contributed by atoms with Crippen molar-refractivity contribution >= 4 is 6.08 Å². The van der Waals surface area contributed by atoms with Gasteiger partial charge in [-0.25, -0.2) is 9.37 Å². The average Bonchev–Trinajstić information content (AvgIpc) is 2.62. The van der Waals surface area contributed by atoms with Gasteiger partial charge in [0.2, 0.25) is 5.88 Å². The smallest absolute Gasteiger partial charge is 0.417 e. The summed E-state index contributed by atoms with van der Waals surface area (Å²) in [7, 11) is 1.41. The summed E-state index contributed by atoms with van der Waals surface area (Å²) in [6.07, 6.45) is -3.70.